The molecule has 2 rings (SSSR count). The van der Waals surface area contributed by atoms with Crippen molar-refractivity contribution < 1.29 is 18.1 Å². The third kappa shape index (κ3) is 5.17. The summed E-state index contributed by atoms with van der Waals surface area (Å²) < 4.78 is 26.9. The van der Waals surface area contributed by atoms with Crippen molar-refractivity contribution in [2.45, 2.75) is 44.2 Å². The van der Waals surface area contributed by atoms with E-state index >= 15 is 0 Å². The Balaban J connectivity index is 1.99. The van der Waals surface area contributed by atoms with Gasteiger partial charge in [-0.05, 0) is 52.0 Å². The fourth-order valence-electron chi connectivity index (χ4n) is 2.87. The van der Waals surface area contributed by atoms with Crippen LogP contribution in [-0.4, -0.2) is 56.4 Å². The molecule has 6 nitrogen and oxygen atoms in total. The van der Waals surface area contributed by atoms with Gasteiger partial charge in [-0.1, -0.05) is 11.6 Å². The molecule has 0 saturated carbocycles. The van der Waals surface area contributed by atoms with Crippen LogP contribution in [0.3, 0.4) is 0 Å². The van der Waals surface area contributed by atoms with E-state index in [0.717, 1.165) is 4.90 Å². The standard InChI is InChI=1S/C17H26ClN3O3S/c1-13(16(22)19-17(2,3)4)20-9-11-21(12-10-20)25(23,24)15-7-5-14(18)6-8-15/h5-8,13H,9-12H2,1-4H3,(H,19,22)/p+1/t13-/m1/s1. The Labute approximate surface area is 155 Å². The first-order valence-electron chi connectivity index (χ1n) is 8.43. The highest BCUT2D eigenvalue weighted by Gasteiger charge is 2.35. The van der Waals surface area contributed by atoms with E-state index in [0.29, 0.717) is 31.2 Å². The second-order valence-corrected chi connectivity index (χ2v) is 9.85. The molecule has 2 N–H and O–H groups in total. The van der Waals surface area contributed by atoms with Gasteiger partial charge in [0, 0.05) is 10.6 Å². The van der Waals surface area contributed by atoms with Gasteiger partial charge in [0.05, 0.1) is 31.1 Å². The molecular weight excluding hydrogens is 362 g/mol. The molecular formula is C17H27ClN3O3S+. The predicted molar refractivity (Wildman–Crippen MR) is 98.3 cm³/mol. The molecule has 1 aromatic rings. The molecule has 0 spiro atoms. The molecule has 1 atom stereocenters. The van der Waals surface area contributed by atoms with E-state index in [1.54, 1.807) is 12.1 Å². The molecule has 0 radical (unpaired) electrons. The molecule has 1 aliphatic rings. The van der Waals surface area contributed by atoms with Crippen molar-refractivity contribution in [1.29, 1.82) is 0 Å². The third-order valence-electron chi connectivity index (χ3n) is 4.32. The molecule has 0 aromatic heterocycles. The summed E-state index contributed by atoms with van der Waals surface area (Å²) in [7, 11) is -3.52. The van der Waals surface area contributed by atoms with E-state index in [2.05, 4.69) is 5.32 Å². The van der Waals surface area contributed by atoms with Gasteiger partial charge in [0.25, 0.3) is 5.91 Å². The molecule has 0 unspecified atom stereocenters. The predicted octanol–water partition coefficient (Wildman–Crippen LogP) is 0.532. The highest BCUT2D eigenvalue weighted by molar-refractivity contribution is 7.89. The molecule has 0 bridgehead atoms. The third-order valence-corrected chi connectivity index (χ3v) is 6.48. The van der Waals surface area contributed by atoms with Crippen molar-refractivity contribution in [3.63, 3.8) is 0 Å². The maximum absolute atomic E-state index is 12.7. The van der Waals surface area contributed by atoms with E-state index in [-0.39, 0.29) is 22.4 Å². The van der Waals surface area contributed by atoms with Gasteiger partial charge in [-0.3, -0.25) is 4.79 Å². The van der Waals surface area contributed by atoms with Gasteiger partial charge in [0.15, 0.2) is 6.04 Å². The number of nitrogens with zero attached hydrogens (tertiary/aromatic N) is 1. The van der Waals surface area contributed by atoms with E-state index in [1.165, 1.54) is 16.4 Å². The number of halogens is 1. The quantitative estimate of drug-likeness (QED) is 0.790. The first kappa shape index (κ1) is 20.2. The van der Waals surface area contributed by atoms with Crippen LogP contribution in [0, 0.1) is 0 Å². The van der Waals surface area contributed by atoms with Crippen LogP contribution in [0.1, 0.15) is 27.7 Å². The van der Waals surface area contributed by atoms with Gasteiger partial charge in [-0.2, -0.15) is 4.31 Å². The second kappa shape index (κ2) is 7.61. The van der Waals surface area contributed by atoms with Crippen molar-refractivity contribution in [3.05, 3.63) is 29.3 Å². The van der Waals surface area contributed by atoms with Crippen molar-refractivity contribution in [2.24, 2.45) is 0 Å². The molecule has 1 amide bonds. The zero-order valence-electron chi connectivity index (χ0n) is 15.2. The van der Waals surface area contributed by atoms with Gasteiger partial charge in [0.2, 0.25) is 10.0 Å². The molecule has 0 aliphatic carbocycles. The Bertz CT molecular complexity index is 706. The monoisotopic (exact) mass is 388 g/mol. The van der Waals surface area contributed by atoms with Crippen LogP contribution < -0.4 is 10.2 Å². The van der Waals surface area contributed by atoms with Crippen LogP contribution in [0.4, 0.5) is 0 Å². The van der Waals surface area contributed by atoms with Crippen molar-refractivity contribution in [2.75, 3.05) is 26.2 Å². The summed E-state index contributed by atoms with van der Waals surface area (Å²) in [5.41, 5.74) is -0.273. The SMILES string of the molecule is C[C@H](C(=O)NC(C)(C)C)[NH+]1CCN(S(=O)(=O)c2ccc(Cl)cc2)CC1. The molecule has 25 heavy (non-hydrogen) atoms. The normalized spacial score (nSPS) is 18.8. The van der Waals surface area contributed by atoms with Crippen LogP contribution in [-0.2, 0) is 14.8 Å². The highest BCUT2D eigenvalue weighted by Crippen LogP contribution is 2.18. The molecule has 1 heterocycles. The zero-order valence-corrected chi connectivity index (χ0v) is 16.7. The fraction of sp³-hybridized carbons (Fsp3) is 0.588. The number of piperazine rings is 1. The summed E-state index contributed by atoms with van der Waals surface area (Å²) in [5, 5.41) is 3.49. The number of amides is 1. The Kier molecular flexibility index (Phi) is 6.14. The summed E-state index contributed by atoms with van der Waals surface area (Å²) in [6.07, 6.45) is 0. The number of hydrogen-bond donors (Lipinski definition) is 2. The van der Waals surface area contributed by atoms with Gasteiger partial charge in [-0.15, -0.1) is 0 Å². The molecule has 1 saturated heterocycles. The van der Waals surface area contributed by atoms with Crippen LogP contribution in [0.15, 0.2) is 29.2 Å². The average molecular weight is 389 g/mol. The second-order valence-electron chi connectivity index (χ2n) is 7.48. The highest BCUT2D eigenvalue weighted by atomic mass is 35.5. The summed E-state index contributed by atoms with van der Waals surface area (Å²) in [6.45, 7) is 9.73. The summed E-state index contributed by atoms with van der Waals surface area (Å²) in [6, 6.07) is 6.00. The smallest absolute Gasteiger partial charge is 0.278 e. The maximum Gasteiger partial charge on any atom is 0.278 e. The molecule has 140 valence electrons. The van der Waals surface area contributed by atoms with E-state index in [1.807, 2.05) is 27.7 Å². The first-order valence-corrected chi connectivity index (χ1v) is 10.2. The number of nitrogens with one attached hydrogen (secondary N) is 2. The fourth-order valence-corrected chi connectivity index (χ4v) is 4.43. The number of hydrogen-bond acceptors (Lipinski definition) is 3. The lowest BCUT2D eigenvalue weighted by atomic mass is 10.1. The number of carbonyl (C=O) groups is 1. The van der Waals surface area contributed by atoms with Crippen molar-refractivity contribution in [3.8, 4) is 0 Å². The zero-order chi connectivity index (χ0) is 18.8. The summed E-state index contributed by atoms with van der Waals surface area (Å²) >= 11 is 5.83. The largest absolute Gasteiger partial charge is 0.346 e. The van der Waals surface area contributed by atoms with E-state index < -0.39 is 10.0 Å². The first-order chi connectivity index (χ1) is 11.5. The van der Waals surface area contributed by atoms with Gasteiger partial charge in [-0.25, -0.2) is 8.42 Å². The van der Waals surface area contributed by atoms with Crippen LogP contribution in [0.5, 0.6) is 0 Å². The topological polar surface area (TPSA) is 70.9 Å². The van der Waals surface area contributed by atoms with Gasteiger partial charge >= 0.3 is 0 Å². The van der Waals surface area contributed by atoms with Crippen molar-refractivity contribution >= 4 is 27.5 Å². The number of carbonyl (C=O) groups excluding carboxylic acids is 1. The number of sulfonamides is 1. The number of rotatable bonds is 4. The summed E-state index contributed by atoms with van der Waals surface area (Å²) in [4.78, 5) is 13.7. The lowest BCUT2D eigenvalue weighted by Crippen LogP contribution is -3.19. The Hall–Kier alpha value is -1.15. The van der Waals surface area contributed by atoms with Crippen LogP contribution in [0.2, 0.25) is 5.02 Å². The number of benzene rings is 1. The maximum atomic E-state index is 12.7. The number of quaternary nitrogens is 1. The lowest BCUT2D eigenvalue weighted by molar-refractivity contribution is -0.917. The minimum absolute atomic E-state index is 0.00323. The Morgan fingerprint density at radius 3 is 2.20 bits per heavy atom. The molecule has 1 fully saturated rings. The average Bonchev–Trinajstić information content (AvgIpc) is 2.53. The minimum Gasteiger partial charge on any atom is -0.346 e. The molecule has 1 aromatic carbocycles. The summed E-state index contributed by atoms with van der Waals surface area (Å²) in [5.74, 6) is -0.00323. The van der Waals surface area contributed by atoms with Crippen LogP contribution >= 0.6 is 11.6 Å². The lowest BCUT2D eigenvalue weighted by Gasteiger charge is -2.35. The Morgan fingerprint density at radius 1 is 1.20 bits per heavy atom. The van der Waals surface area contributed by atoms with Gasteiger partial charge in [0.1, 0.15) is 0 Å². The van der Waals surface area contributed by atoms with Crippen molar-refractivity contribution in [1.82, 2.24) is 9.62 Å². The molecule has 8 heteroatoms. The van der Waals surface area contributed by atoms with E-state index in [9.17, 15) is 13.2 Å². The Morgan fingerprint density at radius 2 is 1.72 bits per heavy atom. The molecule has 1 aliphatic heterocycles. The van der Waals surface area contributed by atoms with Crippen LogP contribution in [0.25, 0.3) is 0 Å². The van der Waals surface area contributed by atoms with Gasteiger partial charge < -0.3 is 10.2 Å². The van der Waals surface area contributed by atoms with E-state index in [4.69, 9.17) is 11.6 Å². The minimum atomic E-state index is -3.52.